The van der Waals surface area contributed by atoms with Crippen LogP contribution in [0.1, 0.15) is 11.8 Å². The van der Waals surface area contributed by atoms with Gasteiger partial charge >= 0.3 is 0 Å². The van der Waals surface area contributed by atoms with E-state index in [-0.39, 0.29) is 0 Å². The van der Waals surface area contributed by atoms with E-state index in [0.717, 1.165) is 12.5 Å². The summed E-state index contributed by atoms with van der Waals surface area (Å²) in [5, 5.41) is 2.15. The molecule has 0 aromatic carbocycles. The maximum Gasteiger partial charge on any atom is 0.0328 e. The van der Waals surface area contributed by atoms with Gasteiger partial charge in [-0.15, -0.1) is 11.3 Å². The van der Waals surface area contributed by atoms with Crippen molar-refractivity contribution in [2.75, 3.05) is 13.1 Å². The second kappa shape index (κ2) is 4.64. The lowest BCUT2D eigenvalue weighted by Gasteiger charge is -2.13. The summed E-state index contributed by atoms with van der Waals surface area (Å²) < 4.78 is 1.21. The maximum atomic E-state index is 3.72. The Hall–Kier alpha value is 0.620. The van der Waals surface area contributed by atoms with Crippen molar-refractivity contribution < 1.29 is 0 Å². The van der Waals surface area contributed by atoms with Gasteiger partial charge in [0.15, 0.2) is 0 Å². The van der Waals surface area contributed by atoms with Gasteiger partial charge in [-0.05, 0) is 27.9 Å². The number of hydrogen-bond donors (Lipinski definition) is 0. The van der Waals surface area contributed by atoms with E-state index < -0.39 is 0 Å². The molecule has 2 heterocycles. The molecule has 0 amide bonds. The second-order valence-electron chi connectivity index (χ2n) is 3.92. The van der Waals surface area contributed by atoms with Gasteiger partial charge in [0.25, 0.3) is 0 Å². The van der Waals surface area contributed by atoms with Crippen LogP contribution in [0.4, 0.5) is 0 Å². The molecule has 4 heteroatoms. The highest BCUT2D eigenvalue weighted by Gasteiger charge is 2.27. The first kappa shape index (κ1) is 11.1. The van der Waals surface area contributed by atoms with Crippen LogP contribution in [0, 0.1) is 5.92 Å². The Morgan fingerprint density at radius 1 is 1.57 bits per heavy atom. The maximum absolute atomic E-state index is 3.72. The van der Waals surface area contributed by atoms with Crippen molar-refractivity contribution in [3.63, 3.8) is 0 Å². The molecule has 2 rings (SSSR count). The molecular formula is C10H13Br2NS. The molecule has 1 fully saturated rings. The molecule has 2 atom stereocenters. The van der Waals surface area contributed by atoms with Crippen LogP contribution >= 0.6 is 43.2 Å². The Balaban J connectivity index is 1.93. The quantitative estimate of drug-likeness (QED) is 0.743. The van der Waals surface area contributed by atoms with Crippen molar-refractivity contribution in [2.45, 2.75) is 18.3 Å². The molecule has 0 spiro atoms. The van der Waals surface area contributed by atoms with Crippen molar-refractivity contribution in [2.24, 2.45) is 5.92 Å². The van der Waals surface area contributed by atoms with Crippen LogP contribution in [0.5, 0.6) is 0 Å². The molecule has 2 unspecified atom stereocenters. The minimum atomic E-state index is 0.672. The van der Waals surface area contributed by atoms with Crippen molar-refractivity contribution in [3.05, 3.63) is 20.8 Å². The SMILES string of the molecule is CC1CN(Cc2cc(Br)cs2)CC1Br. The first-order valence-corrected chi connectivity index (χ1v) is 7.33. The molecule has 1 nitrogen and oxygen atoms in total. The van der Waals surface area contributed by atoms with Crippen molar-refractivity contribution in [1.82, 2.24) is 4.90 Å². The summed E-state index contributed by atoms with van der Waals surface area (Å²) in [6.07, 6.45) is 0. The number of thiophene rings is 1. The Kier molecular flexibility index (Phi) is 3.68. The second-order valence-corrected chi connectivity index (χ2v) is 7.01. The molecule has 1 aromatic heterocycles. The van der Waals surface area contributed by atoms with Gasteiger partial charge in [-0.25, -0.2) is 0 Å². The zero-order valence-corrected chi connectivity index (χ0v) is 12.0. The smallest absolute Gasteiger partial charge is 0.0328 e. The molecule has 14 heavy (non-hydrogen) atoms. The lowest BCUT2D eigenvalue weighted by Crippen LogP contribution is -2.19. The predicted octanol–water partition coefficient (Wildman–Crippen LogP) is 3.73. The fourth-order valence-corrected chi connectivity index (χ4v) is 3.88. The lowest BCUT2D eigenvalue weighted by atomic mass is 10.2. The van der Waals surface area contributed by atoms with Gasteiger partial charge in [-0.1, -0.05) is 22.9 Å². The number of halogens is 2. The number of hydrogen-bond acceptors (Lipinski definition) is 2. The first-order valence-electron chi connectivity index (χ1n) is 4.74. The van der Waals surface area contributed by atoms with Crippen LogP contribution in [-0.2, 0) is 6.54 Å². The topological polar surface area (TPSA) is 3.24 Å². The summed E-state index contributed by atoms with van der Waals surface area (Å²) >= 11 is 9.04. The highest BCUT2D eigenvalue weighted by molar-refractivity contribution is 9.10. The van der Waals surface area contributed by atoms with Crippen LogP contribution < -0.4 is 0 Å². The largest absolute Gasteiger partial charge is 0.297 e. The highest BCUT2D eigenvalue weighted by atomic mass is 79.9. The van der Waals surface area contributed by atoms with Gasteiger partial charge < -0.3 is 0 Å². The zero-order valence-electron chi connectivity index (χ0n) is 8.04. The molecule has 1 saturated heterocycles. The molecule has 78 valence electrons. The Labute approximate surface area is 106 Å². The minimum absolute atomic E-state index is 0.672. The summed E-state index contributed by atoms with van der Waals surface area (Å²) in [4.78, 5) is 4.64. The molecule has 0 radical (unpaired) electrons. The fourth-order valence-electron chi connectivity index (χ4n) is 1.81. The molecule has 1 aliphatic rings. The van der Waals surface area contributed by atoms with Gasteiger partial charge in [0.2, 0.25) is 0 Å². The van der Waals surface area contributed by atoms with Crippen molar-refractivity contribution >= 4 is 43.2 Å². The summed E-state index contributed by atoms with van der Waals surface area (Å²) in [7, 11) is 0. The van der Waals surface area contributed by atoms with E-state index in [0.29, 0.717) is 4.83 Å². The van der Waals surface area contributed by atoms with E-state index in [1.165, 1.54) is 22.4 Å². The molecule has 0 saturated carbocycles. The third-order valence-corrected chi connectivity index (χ3v) is 5.47. The summed E-state index contributed by atoms with van der Waals surface area (Å²) in [6.45, 7) is 5.80. The van der Waals surface area contributed by atoms with E-state index in [9.17, 15) is 0 Å². The third-order valence-electron chi connectivity index (χ3n) is 2.60. The van der Waals surface area contributed by atoms with Crippen LogP contribution in [0.3, 0.4) is 0 Å². The first-order chi connectivity index (χ1) is 6.65. The normalized spacial score (nSPS) is 28.5. The Bertz CT molecular complexity index is 303. The third kappa shape index (κ3) is 2.60. The summed E-state index contributed by atoms with van der Waals surface area (Å²) in [6, 6.07) is 2.22. The van der Waals surface area contributed by atoms with E-state index in [1.54, 1.807) is 0 Å². The minimum Gasteiger partial charge on any atom is -0.297 e. The van der Waals surface area contributed by atoms with Gasteiger partial charge in [0.1, 0.15) is 0 Å². The van der Waals surface area contributed by atoms with E-state index in [2.05, 4.69) is 55.1 Å². The van der Waals surface area contributed by atoms with Crippen molar-refractivity contribution in [1.29, 1.82) is 0 Å². The zero-order chi connectivity index (χ0) is 10.1. The average molecular weight is 339 g/mol. The molecule has 0 aliphatic carbocycles. The lowest BCUT2D eigenvalue weighted by molar-refractivity contribution is 0.323. The number of alkyl halides is 1. The van der Waals surface area contributed by atoms with E-state index in [1.807, 2.05) is 11.3 Å². The van der Waals surface area contributed by atoms with Crippen LogP contribution in [-0.4, -0.2) is 22.8 Å². The monoisotopic (exact) mass is 337 g/mol. The summed E-state index contributed by atoms with van der Waals surface area (Å²) in [5.74, 6) is 0.776. The molecule has 1 aliphatic heterocycles. The molecular weight excluding hydrogens is 326 g/mol. The van der Waals surface area contributed by atoms with Gasteiger partial charge in [-0.2, -0.15) is 0 Å². The van der Waals surface area contributed by atoms with Gasteiger partial charge in [-0.3, -0.25) is 4.90 Å². The molecule has 0 N–H and O–H groups in total. The van der Waals surface area contributed by atoms with Gasteiger partial charge in [0, 0.05) is 39.2 Å². The predicted molar refractivity (Wildman–Crippen MR) is 69.2 cm³/mol. The number of nitrogens with zero attached hydrogens (tertiary/aromatic N) is 1. The van der Waals surface area contributed by atoms with E-state index in [4.69, 9.17) is 0 Å². The van der Waals surface area contributed by atoms with E-state index >= 15 is 0 Å². The van der Waals surface area contributed by atoms with Crippen LogP contribution in [0.25, 0.3) is 0 Å². The highest BCUT2D eigenvalue weighted by Crippen LogP contribution is 2.27. The molecule has 1 aromatic rings. The van der Waals surface area contributed by atoms with Crippen molar-refractivity contribution in [3.8, 4) is 0 Å². The van der Waals surface area contributed by atoms with Crippen LogP contribution in [0.15, 0.2) is 15.9 Å². The standard InChI is InChI=1S/C10H13Br2NS/c1-7-3-13(5-10(7)12)4-9-2-8(11)6-14-9/h2,6-7,10H,3-5H2,1H3. The Morgan fingerprint density at radius 3 is 2.86 bits per heavy atom. The number of likely N-dealkylation sites (tertiary alicyclic amines) is 1. The van der Waals surface area contributed by atoms with Crippen LogP contribution in [0.2, 0.25) is 0 Å². The average Bonchev–Trinajstić information content (AvgIpc) is 2.62. The fraction of sp³-hybridized carbons (Fsp3) is 0.600. The molecule has 0 bridgehead atoms. The number of rotatable bonds is 2. The summed E-state index contributed by atoms with van der Waals surface area (Å²) in [5.41, 5.74) is 0. The van der Waals surface area contributed by atoms with Gasteiger partial charge in [0.05, 0.1) is 0 Å². The Morgan fingerprint density at radius 2 is 2.36 bits per heavy atom.